The Labute approximate surface area is 116 Å². The molecule has 0 atom stereocenters. The van der Waals surface area contributed by atoms with Gasteiger partial charge in [0.2, 0.25) is 5.78 Å². The Kier molecular flexibility index (Phi) is 3.80. The molecule has 0 aliphatic carbocycles. The van der Waals surface area contributed by atoms with E-state index in [1.165, 1.54) is 12.1 Å². The highest BCUT2D eigenvalue weighted by molar-refractivity contribution is 5.98. The Hall–Kier alpha value is -1.72. The first-order chi connectivity index (χ1) is 9.72. The lowest BCUT2D eigenvalue weighted by Crippen LogP contribution is -2.32. The third kappa shape index (κ3) is 2.89. The number of fused-ring (bicyclic) bond motifs is 1. The second-order valence-electron chi connectivity index (χ2n) is 5.10. The number of nitrogens with one attached hydrogen (secondary N) is 1. The average molecular weight is 276 g/mol. The number of ketones is 1. The van der Waals surface area contributed by atoms with Crippen LogP contribution in [0, 0.1) is 5.82 Å². The lowest BCUT2D eigenvalue weighted by molar-refractivity contribution is 0.0910. The van der Waals surface area contributed by atoms with Gasteiger partial charge < -0.3 is 9.73 Å². The summed E-state index contributed by atoms with van der Waals surface area (Å²) in [6.45, 7) is 4.02. The molecule has 106 valence electrons. The van der Waals surface area contributed by atoms with E-state index in [4.69, 9.17) is 4.42 Å². The highest BCUT2D eigenvalue weighted by atomic mass is 19.1. The first-order valence-corrected chi connectivity index (χ1v) is 6.88. The van der Waals surface area contributed by atoms with Crippen molar-refractivity contribution in [1.29, 1.82) is 0 Å². The van der Waals surface area contributed by atoms with Gasteiger partial charge in [0.05, 0.1) is 6.54 Å². The largest absolute Gasteiger partial charge is 0.453 e. The van der Waals surface area contributed by atoms with Crippen LogP contribution in [0.25, 0.3) is 11.0 Å². The van der Waals surface area contributed by atoms with Gasteiger partial charge in [-0.25, -0.2) is 4.39 Å². The van der Waals surface area contributed by atoms with Gasteiger partial charge in [0.1, 0.15) is 11.4 Å². The van der Waals surface area contributed by atoms with Crippen molar-refractivity contribution in [2.45, 2.75) is 6.42 Å². The van der Waals surface area contributed by atoms with Crippen molar-refractivity contribution in [2.24, 2.45) is 0 Å². The summed E-state index contributed by atoms with van der Waals surface area (Å²) in [7, 11) is 0. The molecule has 1 aliphatic heterocycles. The van der Waals surface area contributed by atoms with Crippen LogP contribution in [0.5, 0.6) is 0 Å². The molecule has 0 bridgehead atoms. The Bertz CT molecular complexity index is 615. The van der Waals surface area contributed by atoms with E-state index >= 15 is 0 Å². The SMILES string of the molecule is O=C(CN1CCCNCC1)c1cc2cc(F)ccc2o1. The molecule has 0 spiro atoms. The Morgan fingerprint density at radius 3 is 3.10 bits per heavy atom. The summed E-state index contributed by atoms with van der Waals surface area (Å²) in [6.07, 6.45) is 1.04. The number of hydrogen-bond acceptors (Lipinski definition) is 4. The van der Waals surface area contributed by atoms with Crippen LogP contribution in [0.3, 0.4) is 0 Å². The number of nitrogens with zero attached hydrogens (tertiary/aromatic N) is 1. The maximum atomic E-state index is 13.1. The molecule has 0 unspecified atom stereocenters. The molecule has 0 amide bonds. The van der Waals surface area contributed by atoms with Gasteiger partial charge in [0, 0.05) is 18.5 Å². The zero-order valence-corrected chi connectivity index (χ0v) is 11.2. The topological polar surface area (TPSA) is 45.5 Å². The summed E-state index contributed by atoms with van der Waals surface area (Å²) in [4.78, 5) is 14.4. The van der Waals surface area contributed by atoms with Crippen LogP contribution in [0.4, 0.5) is 4.39 Å². The molecule has 1 aromatic carbocycles. The van der Waals surface area contributed by atoms with E-state index in [-0.39, 0.29) is 11.6 Å². The molecule has 1 fully saturated rings. The normalized spacial score (nSPS) is 17.2. The van der Waals surface area contributed by atoms with Crippen LogP contribution < -0.4 is 5.32 Å². The second-order valence-corrected chi connectivity index (χ2v) is 5.10. The van der Waals surface area contributed by atoms with Gasteiger partial charge in [0.15, 0.2) is 5.76 Å². The number of carbonyl (C=O) groups is 1. The predicted molar refractivity (Wildman–Crippen MR) is 74.4 cm³/mol. The minimum Gasteiger partial charge on any atom is -0.453 e. The van der Waals surface area contributed by atoms with Gasteiger partial charge in [-0.3, -0.25) is 9.69 Å². The molecule has 1 N–H and O–H groups in total. The van der Waals surface area contributed by atoms with E-state index in [9.17, 15) is 9.18 Å². The molecular formula is C15H17FN2O2. The third-order valence-electron chi connectivity index (χ3n) is 3.55. The summed E-state index contributed by atoms with van der Waals surface area (Å²) in [6, 6.07) is 5.89. The summed E-state index contributed by atoms with van der Waals surface area (Å²) in [5.41, 5.74) is 0.548. The number of furan rings is 1. The van der Waals surface area contributed by atoms with Gasteiger partial charge in [-0.1, -0.05) is 0 Å². The van der Waals surface area contributed by atoms with E-state index in [0.29, 0.717) is 23.3 Å². The van der Waals surface area contributed by atoms with Crippen molar-refractivity contribution in [3.05, 3.63) is 35.8 Å². The molecule has 3 rings (SSSR count). The van der Waals surface area contributed by atoms with E-state index in [1.807, 2.05) is 0 Å². The average Bonchev–Trinajstić information content (AvgIpc) is 2.68. The van der Waals surface area contributed by atoms with Crippen LogP contribution in [0.1, 0.15) is 17.0 Å². The van der Waals surface area contributed by atoms with Crippen molar-refractivity contribution >= 4 is 16.8 Å². The lowest BCUT2D eigenvalue weighted by Gasteiger charge is -2.17. The Balaban J connectivity index is 1.74. The summed E-state index contributed by atoms with van der Waals surface area (Å²) >= 11 is 0. The molecule has 1 aromatic heterocycles. The number of carbonyl (C=O) groups excluding carboxylic acids is 1. The minimum absolute atomic E-state index is 0.0523. The quantitative estimate of drug-likeness (QED) is 0.872. The van der Waals surface area contributed by atoms with Crippen LogP contribution >= 0.6 is 0 Å². The molecule has 4 nitrogen and oxygen atoms in total. The second kappa shape index (κ2) is 5.73. The number of benzene rings is 1. The number of Topliss-reactive ketones (excluding diaryl/α,β-unsaturated/α-hetero) is 1. The predicted octanol–water partition coefficient (Wildman–Crippen LogP) is 2.05. The van der Waals surface area contributed by atoms with Crippen LogP contribution in [-0.2, 0) is 0 Å². The Morgan fingerprint density at radius 2 is 2.20 bits per heavy atom. The molecule has 1 saturated heterocycles. The fourth-order valence-corrected chi connectivity index (χ4v) is 2.49. The minimum atomic E-state index is -0.323. The zero-order valence-electron chi connectivity index (χ0n) is 11.2. The summed E-state index contributed by atoms with van der Waals surface area (Å²) in [5, 5.41) is 3.93. The van der Waals surface area contributed by atoms with E-state index < -0.39 is 0 Å². The molecule has 2 aromatic rings. The Morgan fingerprint density at radius 1 is 1.30 bits per heavy atom. The first kappa shape index (κ1) is 13.3. The lowest BCUT2D eigenvalue weighted by atomic mass is 10.2. The van der Waals surface area contributed by atoms with Gasteiger partial charge in [-0.05, 0) is 43.8 Å². The zero-order chi connectivity index (χ0) is 13.9. The van der Waals surface area contributed by atoms with Crippen molar-refractivity contribution < 1.29 is 13.6 Å². The van der Waals surface area contributed by atoms with E-state index in [2.05, 4.69) is 10.2 Å². The number of rotatable bonds is 3. The van der Waals surface area contributed by atoms with Crippen molar-refractivity contribution in [2.75, 3.05) is 32.7 Å². The molecule has 1 aliphatic rings. The molecule has 20 heavy (non-hydrogen) atoms. The van der Waals surface area contributed by atoms with Gasteiger partial charge in [-0.2, -0.15) is 0 Å². The fraction of sp³-hybridized carbons (Fsp3) is 0.400. The highest BCUT2D eigenvalue weighted by Gasteiger charge is 2.17. The van der Waals surface area contributed by atoms with E-state index in [1.54, 1.807) is 12.1 Å². The van der Waals surface area contributed by atoms with Crippen molar-refractivity contribution in [3.63, 3.8) is 0 Å². The van der Waals surface area contributed by atoms with Crippen molar-refractivity contribution in [1.82, 2.24) is 10.2 Å². The van der Waals surface area contributed by atoms with Crippen LogP contribution in [0.2, 0.25) is 0 Å². The molecule has 2 heterocycles. The number of halogens is 1. The molecule has 0 radical (unpaired) electrons. The molecule has 0 saturated carbocycles. The van der Waals surface area contributed by atoms with E-state index in [0.717, 1.165) is 32.6 Å². The van der Waals surface area contributed by atoms with Gasteiger partial charge in [-0.15, -0.1) is 0 Å². The summed E-state index contributed by atoms with van der Waals surface area (Å²) in [5.74, 6) is -0.0674. The molecular weight excluding hydrogens is 259 g/mol. The first-order valence-electron chi connectivity index (χ1n) is 6.88. The standard InChI is InChI=1S/C15H17FN2O2/c16-12-2-3-14-11(8-12)9-15(20-14)13(19)10-18-6-1-4-17-5-7-18/h2-3,8-9,17H,1,4-7,10H2. The fourth-order valence-electron chi connectivity index (χ4n) is 2.49. The molecule has 5 heteroatoms. The van der Waals surface area contributed by atoms with Gasteiger partial charge >= 0.3 is 0 Å². The third-order valence-corrected chi connectivity index (χ3v) is 3.55. The van der Waals surface area contributed by atoms with Crippen molar-refractivity contribution in [3.8, 4) is 0 Å². The maximum Gasteiger partial charge on any atom is 0.211 e. The smallest absolute Gasteiger partial charge is 0.211 e. The summed E-state index contributed by atoms with van der Waals surface area (Å²) < 4.78 is 18.6. The number of hydrogen-bond donors (Lipinski definition) is 1. The van der Waals surface area contributed by atoms with Crippen LogP contribution in [-0.4, -0.2) is 43.4 Å². The monoisotopic (exact) mass is 276 g/mol. The van der Waals surface area contributed by atoms with Gasteiger partial charge in [0.25, 0.3) is 0 Å². The maximum absolute atomic E-state index is 13.1. The highest BCUT2D eigenvalue weighted by Crippen LogP contribution is 2.20. The van der Waals surface area contributed by atoms with Crippen LogP contribution in [0.15, 0.2) is 28.7 Å².